The summed E-state index contributed by atoms with van der Waals surface area (Å²) in [5, 5.41) is 0. The molecule has 0 spiro atoms. The molecule has 18 heavy (non-hydrogen) atoms. The van der Waals surface area contributed by atoms with E-state index < -0.39 is 12.6 Å². The average molecular weight is 264 g/mol. The first kappa shape index (κ1) is 13.6. The maximum absolute atomic E-state index is 12.1. The number of rotatable bonds is 3. The number of halogens is 3. The summed E-state index contributed by atoms with van der Waals surface area (Å²) in [6.07, 6.45) is -3.88. The summed E-state index contributed by atoms with van der Waals surface area (Å²) in [6, 6.07) is 0. The van der Waals surface area contributed by atoms with Crippen molar-refractivity contribution in [3.63, 3.8) is 0 Å². The highest BCUT2D eigenvalue weighted by atomic mass is 19.4. The minimum Gasteiger partial charge on any atom is -0.340 e. The summed E-state index contributed by atoms with van der Waals surface area (Å²) in [5.41, 5.74) is 0. The van der Waals surface area contributed by atoms with Gasteiger partial charge in [0.25, 0.3) is 0 Å². The molecule has 1 aliphatic carbocycles. The van der Waals surface area contributed by atoms with E-state index in [-0.39, 0.29) is 18.4 Å². The van der Waals surface area contributed by atoms with E-state index in [1.54, 1.807) is 9.80 Å². The Hall–Kier alpha value is -0.780. The maximum atomic E-state index is 12.1. The van der Waals surface area contributed by atoms with E-state index in [9.17, 15) is 18.0 Å². The molecule has 104 valence electrons. The number of carbonyl (C=O) groups is 1. The smallest absolute Gasteiger partial charge is 0.340 e. The molecule has 0 aromatic rings. The minimum absolute atomic E-state index is 0.0470. The second-order valence-electron chi connectivity index (χ2n) is 5.35. The van der Waals surface area contributed by atoms with E-state index in [2.05, 4.69) is 6.92 Å². The Morgan fingerprint density at radius 1 is 1.22 bits per heavy atom. The monoisotopic (exact) mass is 264 g/mol. The molecule has 1 saturated heterocycles. The van der Waals surface area contributed by atoms with Crippen LogP contribution in [-0.2, 0) is 4.79 Å². The molecule has 6 heteroatoms. The van der Waals surface area contributed by atoms with Crippen molar-refractivity contribution < 1.29 is 18.0 Å². The fourth-order valence-electron chi connectivity index (χ4n) is 2.38. The normalized spacial score (nSPS) is 29.4. The van der Waals surface area contributed by atoms with Crippen LogP contribution in [0.3, 0.4) is 0 Å². The van der Waals surface area contributed by atoms with Crippen LogP contribution < -0.4 is 0 Å². The SMILES string of the molecule is CC1CC1C(=O)N1CCN(CCC(F)(F)F)CC1. The number of amides is 1. The Morgan fingerprint density at radius 3 is 2.22 bits per heavy atom. The molecular weight excluding hydrogens is 245 g/mol. The molecule has 2 aliphatic rings. The Balaban J connectivity index is 1.70. The number of alkyl halides is 3. The predicted molar refractivity (Wildman–Crippen MR) is 61.0 cm³/mol. The summed E-state index contributed by atoms with van der Waals surface area (Å²) < 4.78 is 36.2. The fourth-order valence-corrected chi connectivity index (χ4v) is 2.38. The number of carbonyl (C=O) groups excluding carboxylic acids is 1. The molecule has 0 aromatic heterocycles. The third-order valence-electron chi connectivity index (χ3n) is 3.82. The average Bonchev–Trinajstić information content (AvgIpc) is 3.03. The zero-order chi connectivity index (χ0) is 13.3. The Labute approximate surface area is 105 Å². The molecule has 1 saturated carbocycles. The molecule has 1 aliphatic heterocycles. The molecule has 3 nitrogen and oxygen atoms in total. The van der Waals surface area contributed by atoms with E-state index in [1.165, 1.54) is 0 Å². The molecule has 0 N–H and O–H groups in total. The van der Waals surface area contributed by atoms with Gasteiger partial charge >= 0.3 is 6.18 Å². The van der Waals surface area contributed by atoms with Gasteiger partial charge in [0.15, 0.2) is 0 Å². The van der Waals surface area contributed by atoms with Gasteiger partial charge in [0.05, 0.1) is 6.42 Å². The van der Waals surface area contributed by atoms with Gasteiger partial charge in [-0.1, -0.05) is 6.92 Å². The summed E-state index contributed by atoms with van der Waals surface area (Å²) in [7, 11) is 0. The number of hydrogen-bond acceptors (Lipinski definition) is 2. The number of piperazine rings is 1. The third kappa shape index (κ3) is 3.60. The molecule has 2 rings (SSSR count). The highest BCUT2D eigenvalue weighted by Crippen LogP contribution is 2.39. The van der Waals surface area contributed by atoms with Crippen molar-refractivity contribution in [1.82, 2.24) is 9.80 Å². The second-order valence-corrected chi connectivity index (χ2v) is 5.35. The quantitative estimate of drug-likeness (QED) is 0.775. The second kappa shape index (κ2) is 5.07. The lowest BCUT2D eigenvalue weighted by Gasteiger charge is -2.35. The molecule has 1 amide bonds. The number of nitrogens with zero attached hydrogens (tertiary/aromatic N) is 2. The summed E-state index contributed by atoms with van der Waals surface area (Å²) in [4.78, 5) is 15.5. The Kier molecular flexibility index (Phi) is 3.84. The van der Waals surface area contributed by atoms with Crippen molar-refractivity contribution in [1.29, 1.82) is 0 Å². The zero-order valence-electron chi connectivity index (χ0n) is 10.5. The molecule has 2 atom stereocenters. The first-order chi connectivity index (χ1) is 8.37. The molecule has 2 unspecified atom stereocenters. The van der Waals surface area contributed by atoms with Crippen molar-refractivity contribution in [3.05, 3.63) is 0 Å². The van der Waals surface area contributed by atoms with E-state index >= 15 is 0 Å². The molecule has 1 heterocycles. The molecule has 0 bridgehead atoms. The van der Waals surface area contributed by atoms with Crippen molar-refractivity contribution >= 4 is 5.91 Å². The van der Waals surface area contributed by atoms with Crippen molar-refractivity contribution in [2.45, 2.75) is 25.9 Å². The first-order valence-electron chi connectivity index (χ1n) is 6.45. The van der Waals surface area contributed by atoms with Gasteiger partial charge in [-0.25, -0.2) is 0 Å². The van der Waals surface area contributed by atoms with Gasteiger partial charge in [-0.2, -0.15) is 13.2 Å². The summed E-state index contributed by atoms with van der Waals surface area (Å²) >= 11 is 0. The largest absolute Gasteiger partial charge is 0.390 e. The lowest BCUT2D eigenvalue weighted by Crippen LogP contribution is -2.49. The molecule has 0 radical (unpaired) electrons. The van der Waals surface area contributed by atoms with Gasteiger partial charge in [0, 0.05) is 38.6 Å². The van der Waals surface area contributed by atoms with Crippen molar-refractivity contribution in [2.75, 3.05) is 32.7 Å². The predicted octanol–water partition coefficient (Wildman–Crippen LogP) is 1.74. The van der Waals surface area contributed by atoms with Crippen LogP contribution >= 0.6 is 0 Å². The highest BCUT2D eigenvalue weighted by Gasteiger charge is 2.42. The maximum Gasteiger partial charge on any atom is 0.390 e. The lowest BCUT2D eigenvalue weighted by atomic mass is 10.2. The van der Waals surface area contributed by atoms with Crippen LogP contribution in [-0.4, -0.2) is 54.6 Å². The van der Waals surface area contributed by atoms with Gasteiger partial charge in [0.2, 0.25) is 5.91 Å². The summed E-state index contributed by atoms with van der Waals surface area (Å²) in [6.45, 7) is 4.36. The van der Waals surface area contributed by atoms with Crippen LogP contribution in [0.15, 0.2) is 0 Å². The van der Waals surface area contributed by atoms with E-state index in [0.717, 1.165) is 6.42 Å². The minimum atomic E-state index is -4.09. The molecular formula is C12H19F3N2O. The van der Waals surface area contributed by atoms with Gasteiger partial charge in [-0.3, -0.25) is 9.69 Å². The van der Waals surface area contributed by atoms with Gasteiger partial charge < -0.3 is 4.90 Å². The van der Waals surface area contributed by atoms with E-state index in [1.807, 2.05) is 0 Å². The third-order valence-corrected chi connectivity index (χ3v) is 3.82. The van der Waals surface area contributed by atoms with Gasteiger partial charge in [0.1, 0.15) is 0 Å². The van der Waals surface area contributed by atoms with E-state index in [0.29, 0.717) is 32.1 Å². The van der Waals surface area contributed by atoms with Crippen LogP contribution in [0.5, 0.6) is 0 Å². The van der Waals surface area contributed by atoms with E-state index in [4.69, 9.17) is 0 Å². The molecule has 0 aromatic carbocycles. The van der Waals surface area contributed by atoms with Gasteiger partial charge in [-0.05, 0) is 12.3 Å². The fraction of sp³-hybridized carbons (Fsp3) is 0.917. The highest BCUT2D eigenvalue weighted by molar-refractivity contribution is 5.81. The van der Waals surface area contributed by atoms with Crippen LogP contribution in [0.2, 0.25) is 0 Å². The van der Waals surface area contributed by atoms with Crippen molar-refractivity contribution in [3.8, 4) is 0 Å². The Bertz CT molecular complexity index is 311. The topological polar surface area (TPSA) is 23.6 Å². The van der Waals surface area contributed by atoms with Crippen LogP contribution in [0.25, 0.3) is 0 Å². The number of hydrogen-bond donors (Lipinski definition) is 0. The van der Waals surface area contributed by atoms with Crippen LogP contribution in [0, 0.1) is 11.8 Å². The lowest BCUT2D eigenvalue weighted by molar-refractivity contribution is -0.142. The standard InChI is InChI=1S/C12H19F3N2O/c1-9-8-10(9)11(18)17-6-4-16(5-7-17)3-2-12(13,14)15/h9-10H,2-8H2,1H3. The Morgan fingerprint density at radius 2 is 1.78 bits per heavy atom. The summed E-state index contributed by atoms with van der Waals surface area (Å²) in [5.74, 6) is 0.852. The van der Waals surface area contributed by atoms with Gasteiger partial charge in [-0.15, -0.1) is 0 Å². The zero-order valence-corrected chi connectivity index (χ0v) is 10.5. The molecule has 2 fully saturated rings. The van der Waals surface area contributed by atoms with Crippen molar-refractivity contribution in [2.24, 2.45) is 11.8 Å². The van der Waals surface area contributed by atoms with Crippen LogP contribution in [0.4, 0.5) is 13.2 Å². The first-order valence-corrected chi connectivity index (χ1v) is 6.45. The van der Waals surface area contributed by atoms with Crippen LogP contribution in [0.1, 0.15) is 19.8 Å².